The average Bonchev–Trinajstić information content (AvgIpc) is 3.47. The Morgan fingerprint density at radius 2 is 1.05 bits per heavy atom. The van der Waals surface area contributed by atoms with Crippen molar-refractivity contribution in [3.63, 3.8) is 0 Å². The minimum absolute atomic E-state index is 0.0101. The van der Waals surface area contributed by atoms with Crippen molar-refractivity contribution in [1.29, 1.82) is 36.8 Å². The Labute approximate surface area is 499 Å². The molecule has 0 fully saturated rings. The smallest absolute Gasteiger partial charge is 0.268 e. The highest BCUT2D eigenvalue weighted by atomic mass is 79.9. The van der Waals surface area contributed by atoms with Crippen molar-refractivity contribution in [3.8, 4) is 42.5 Å². The highest BCUT2D eigenvalue weighted by Crippen LogP contribution is 2.33. The number of rotatable bonds is 10. The Hall–Kier alpha value is -11.2. The first-order valence-electron chi connectivity index (χ1n) is 24.2. The number of benzene rings is 4. The molecule has 0 aliphatic rings. The molecule has 23 nitrogen and oxygen atoms in total. The molecule has 0 unspecified atom stereocenters. The van der Waals surface area contributed by atoms with Crippen molar-refractivity contribution in [2.75, 3.05) is 38.5 Å². The molecule has 0 saturated carbocycles. The van der Waals surface area contributed by atoms with Gasteiger partial charge in [0.15, 0.2) is 34.3 Å². The average molecular weight is 1220 g/mol. The number of thiophene rings is 1. The number of thiol groups is 1. The Kier molecular flexibility index (Phi) is 21.8. The van der Waals surface area contributed by atoms with Crippen LogP contribution in [0.2, 0.25) is 0 Å². The van der Waals surface area contributed by atoms with Gasteiger partial charge in [-0.1, -0.05) is 36.4 Å². The molecule has 4 heterocycles. The molecule has 84 heavy (non-hydrogen) atoms. The Balaban J connectivity index is 0.000000232. The molecular weight excluding hydrogens is 1170 g/mol. The second kappa shape index (κ2) is 28.8. The number of nitriles is 7. The van der Waals surface area contributed by atoms with Gasteiger partial charge in [0.05, 0.1) is 53.0 Å². The van der Waals surface area contributed by atoms with E-state index in [1.165, 1.54) is 18.6 Å². The van der Waals surface area contributed by atoms with Gasteiger partial charge >= 0.3 is 0 Å². The number of nitrogens with zero attached hydrogens (tertiary/aromatic N) is 13. The van der Waals surface area contributed by atoms with Crippen LogP contribution in [0.25, 0.3) is 10.3 Å². The predicted molar refractivity (Wildman–Crippen MR) is 320 cm³/mol. The number of aryl methyl sites for hydroxylation is 2. The third kappa shape index (κ3) is 16.7. The monoisotopic (exact) mass is 1220 g/mol. The van der Waals surface area contributed by atoms with Crippen LogP contribution in [0.15, 0.2) is 108 Å². The van der Waals surface area contributed by atoms with Gasteiger partial charge in [0.2, 0.25) is 5.91 Å². The van der Waals surface area contributed by atoms with Crippen molar-refractivity contribution in [3.05, 3.63) is 175 Å². The van der Waals surface area contributed by atoms with E-state index in [0.717, 1.165) is 33.6 Å². The molecule has 8 rings (SSSR count). The summed E-state index contributed by atoms with van der Waals surface area (Å²) in [5.74, 6) is -1.16. The summed E-state index contributed by atoms with van der Waals surface area (Å²) in [5, 5.41) is 72.5. The number of anilines is 6. The Bertz CT molecular complexity index is 4120. The molecule has 26 heteroatoms. The van der Waals surface area contributed by atoms with Crippen LogP contribution in [0.3, 0.4) is 0 Å². The maximum Gasteiger partial charge on any atom is 0.268 e. The largest absolute Gasteiger partial charge is 0.396 e. The summed E-state index contributed by atoms with van der Waals surface area (Å²) < 4.78 is 0.360. The highest BCUT2D eigenvalue weighted by molar-refractivity contribution is 9.10. The highest BCUT2D eigenvalue weighted by Gasteiger charge is 2.24. The van der Waals surface area contributed by atoms with E-state index in [-0.39, 0.29) is 68.3 Å². The van der Waals surface area contributed by atoms with Gasteiger partial charge in [-0.2, -0.15) is 49.5 Å². The molecule has 0 bridgehead atoms. The van der Waals surface area contributed by atoms with E-state index < -0.39 is 16.7 Å². The number of nitrogens with two attached hydrogens (primary N) is 2. The maximum atomic E-state index is 13.0. The fraction of sp³-hybridized carbons (Fsp3) is 0.155. The summed E-state index contributed by atoms with van der Waals surface area (Å²) in [4.78, 5) is 73.6. The first kappa shape index (κ1) is 63.6. The molecule has 0 saturated heterocycles. The Morgan fingerprint density at radius 1 is 0.583 bits per heavy atom. The number of fused-ring (bicyclic) bond motifs is 1. The number of hydrogen-bond acceptors (Lipinski definition) is 21. The molecule has 0 radical (unpaired) electrons. The number of nitrogen functional groups attached to an aromatic ring is 2. The van der Waals surface area contributed by atoms with Crippen molar-refractivity contribution < 1.29 is 19.2 Å². The number of aromatic nitrogens is 6. The third-order valence-corrected chi connectivity index (χ3v) is 13.6. The van der Waals surface area contributed by atoms with Crippen LogP contribution >= 0.6 is 39.9 Å². The van der Waals surface area contributed by atoms with Gasteiger partial charge in [0.25, 0.3) is 17.7 Å². The van der Waals surface area contributed by atoms with Gasteiger partial charge in [-0.05, 0) is 128 Å². The summed E-state index contributed by atoms with van der Waals surface area (Å²) in [6, 6.07) is 37.8. The minimum Gasteiger partial charge on any atom is -0.396 e. The van der Waals surface area contributed by atoms with Gasteiger partial charge in [-0.25, -0.2) is 29.9 Å². The number of halogens is 1. The zero-order valence-electron chi connectivity index (χ0n) is 45.4. The Morgan fingerprint density at radius 3 is 1.52 bits per heavy atom. The van der Waals surface area contributed by atoms with Crippen LogP contribution in [-0.2, 0) is 15.6 Å². The van der Waals surface area contributed by atoms with Gasteiger partial charge in [0.1, 0.15) is 50.2 Å². The molecule has 8 N–H and O–H groups in total. The van der Waals surface area contributed by atoms with Crippen molar-refractivity contribution in [1.82, 2.24) is 29.9 Å². The van der Waals surface area contributed by atoms with E-state index in [0.29, 0.717) is 48.8 Å². The summed E-state index contributed by atoms with van der Waals surface area (Å²) in [6.45, 7) is 10.9. The molecule has 0 aliphatic heterocycles. The number of amides is 4. The van der Waals surface area contributed by atoms with Crippen LogP contribution in [-0.4, -0.2) is 59.3 Å². The van der Waals surface area contributed by atoms with Crippen molar-refractivity contribution >= 4 is 108 Å². The lowest BCUT2D eigenvalue weighted by molar-refractivity contribution is -0.113. The fourth-order valence-corrected chi connectivity index (χ4v) is 8.08. The zero-order valence-corrected chi connectivity index (χ0v) is 48.7. The first-order chi connectivity index (χ1) is 39.9. The lowest BCUT2D eigenvalue weighted by atomic mass is 9.85. The van der Waals surface area contributed by atoms with Gasteiger partial charge in [-0.15, -0.1) is 11.3 Å². The van der Waals surface area contributed by atoms with Gasteiger partial charge in [-0.3, -0.25) is 19.2 Å². The number of nitrogens with one attached hydrogen (secondary N) is 4. The minimum atomic E-state index is -0.729. The molecule has 4 aromatic heterocycles. The van der Waals surface area contributed by atoms with Crippen LogP contribution in [0.5, 0.6) is 0 Å². The van der Waals surface area contributed by atoms with Crippen LogP contribution in [0.4, 0.5) is 34.3 Å². The molecular formula is C58H46BrN19O4S2. The lowest BCUT2D eigenvalue weighted by Gasteiger charge is -2.17. The van der Waals surface area contributed by atoms with E-state index >= 15 is 0 Å². The zero-order chi connectivity index (χ0) is 61.9. The number of carbonyl (C=O) groups excluding carboxylic acids is 4. The molecule has 0 spiro atoms. The fourth-order valence-electron chi connectivity index (χ4n) is 6.82. The summed E-state index contributed by atoms with van der Waals surface area (Å²) >= 11 is 8.04. The van der Waals surface area contributed by atoms with Gasteiger partial charge < -0.3 is 32.7 Å². The van der Waals surface area contributed by atoms with Crippen molar-refractivity contribution in [2.24, 2.45) is 0 Å². The van der Waals surface area contributed by atoms with E-state index in [4.69, 9.17) is 37.8 Å². The quantitative estimate of drug-likeness (QED) is 0.0626. The standard InChI is InChI=1S/C26H21N7O2S.C20H21N3O2S.C6HBrN4.C6H3N5/c1-14-7-8-17(32-23(34)15-5-4-6-16(9-15)26(2,3)13-28)10-19(14)33-24(35)22-20(29)21-25(36-22)30-12-18(11-27)31-21;1-13-7-8-16(10-17(13)23-18(24)11-26)22-19(25)14-5-4-6-15(9-14)20(2,3)12-21;7-6-5(2-9)11-4(1-8)3-10-6;7-1-4-3-10-6(9)5(2-8)11-4/h4-10,12H,29H2,1-3H3,(H,32,34)(H,33,35);4-10,26H,11H2,1-3H3,(H,22,25)(H,23,24);3H;3H,(H2,9,10). The van der Waals surface area contributed by atoms with E-state index in [1.807, 2.05) is 38.1 Å². The summed E-state index contributed by atoms with van der Waals surface area (Å²) in [7, 11) is 0. The molecule has 416 valence electrons. The van der Waals surface area contributed by atoms with Crippen molar-refractivity contribution in [2.45, 2.75) is 52.4 Å². The second-order valence-electron chi connectivity index (χ2n) is 18.5. The second-order valence-corrected chi connectivity index (χ2v) is 20.5. The third-order valence-electron chi connectivity index (χ3n) is 11.6. The topological polar surface area (TPSA) is 412 Å². The van der Waals surface area contributed by atoms with E-state index in [2.05, 4.69) is 91.9 Å². The molecule has 4 aromatic carbocycles. The summed E-state index contributed by atoms with van der Waals surface area (Å²) in [5.41, 5.74) is 17.1. The first-order valence-corrected chi connectivity index (χ1v) is 26.5. The predicted octanol–water partition coefficient (Wildman–Crippen LogP) is 9.46. The molecule has 0 atom stereocenters. The van der Waals surface area contributed by atoms with Crippen LogP contribution in [0.1, 0.15) is 109 Å². The molecule has 8 aromatic rings. The number of hydrogen-bond donors (Lipinski definition) is 7. The normalized spacial score (nSPS) is 10.2. The summed E-state index contributed by atoms with van der Waals surface area (Å²) in [6.07, 6.45) is 3.84. The van der Waals surface area contributed by atoms with E-state index in [1.54, 1.807) is 119 Å². The lowest BCUT2D eigenvalue weighted by Crippen LogP contribution is -2.17. The molecule has 4 amide bonds. The number of carbonyl (C=O) groups is 4. The van der Waals surface area contributed by atoms with Crippen LogP contribution in [0, 0.1) is 93.2 Å². The van der Waals surface area contributed by atoms with Crippen LogP contribution < -0.4 is 32.7 Å². The molecule has 0 aliphatic carbocycles. The SMILES string of the molecule is Cc1ccc(NC(=O)c2cccc(C(C)(C)C#N)c2)cc1NC(=O)CS.Cc1ccc(NC(=O)c2cccc(C(C)(C)C#N)c2)cc1NC(=O)c1sc2ncc(C#N)nc2c1N.N#Cc1cnc(Br)c(C#N)n1.N#Cc1cnc(N)c(C#N)n1. The maximum absolute atomic E-state index is 13.0. The van der Waals surface area contributed by atoms with Gasteiger partial charge in [0, 0.05) is 33.9 Å². The van der Waals surface area contributed by atoms with E-state index in [9.17, 15) is 29.7 Å².